The van der Waals surface area contributed by atoms with Crippen molar-refractivity contribution in [2.75, 3.05) is 5.32 Å². The molecule has 0 unspecified atom stereocenters. The van der Waals surface area contributed by atoms with Crippen LogP contribution >= 0.6 is 11.6 Å². The van der Waals surface area contributed by atoms with Crippen LogP contribution in [0.25, 0.3) is 0 Å². The van der Waals surface area contributed by atoms with Gasteiger partial charge in [0.1, 0.15) is 5.41 Å². The van der Waals surface area contributed by atoms with Crippen LogP contribution < -0.4 is 10.6 Å². The molecule has 0 bridgehead atoms. The quantitative estimate of drug-likeness (QED) is 0.648. The van der Waals surface area contributed by atoms with Crippen molar-refractivity contribution < 1.29 is 9.59 Å². The molecule has 0 heterocycles. The molecule has 0 aromatic heterocycles. The molecule has 2 saturated carbocycles. The topological polar surface area (TPSA) is 58.2 Å². The zero-order valence-corrected chi connectivity index (χ0v) is 14.0. The van der Waals surface area contributed by atoms with Crippen molar-refractivity contribution in [1.29, 1.82) is 0 Å². The van der Waals surface area contributed by atoms with Gasteiger partial charge in [-0.15, -0.1) is 0 Å². The molecule has 2 aliphatic rings. The number of carbonyl (C=O) groups is 2. The predicted octanol–water partition coefficient (Wildman–Crippen LogP) is 3.90. The first-order chi connectivity index (χ1) is 11.1. The molecule has 1 aromatic rings. The first-order valence-electron chi connectivity index (χ1n) is 8.48. The summed E-state index contributed by atoms with van der Waals surface area (Å²) in [5, 5.41) is 6.51. The molecule has 3 rings (SSSR count). The largest absolute Gasteiger partial charge is 0.352 e. The maximum Gasteiger partial charge on any atom is 0.240 e. The summed E-state index contributed by atoms with van der Waals surface area (Å²) in [5.74, 6) is -0.324. The Bertz CT molecular complexity index is 590. The molecule has 0 radical (unpaired) electrons. The van der Waals surface area contributed by atoms with Gasteiger partial charge in [-0.1, -0.05) is 43.4 Å². The smallest absolute Gasteiger partial charge is 0.240 e. The summed E-state index contributed by atoms with van der Waals surface area (Å²) in [7, 11) is 0. The van der Waals surface area contributed by atoms with Crippen LogP contribution in [0, 0.1) is 5.41 Å². The van der Waals surface area contributed by atoms with Gasteiger partial charge in [-0.25, -0.2) is 0 Å². The molecule has 5 heteroatoms. The van der Waals surface area contributed by atoms with E-state index in [2.05, 4.69) is 10.6 Å². The molecular weight excluding hydrogens is 312 g/mol. The van der Waals surface area contributed by atoms with Crippen molar-refractivity contribution in [2.45, 2.75) is 57.4 Å². The van der Waals surface area contributed by atoms with Crippen LogP contribution in [-0.4, -0.2) is 17.9 Å². The number of anilines is 1. The van der Waals surface area contributed by atoms with E-state index in [1.54, 1.807) is 24.3 Å². The van der Waals surface area contributed by atoms with Gasteiger partial charge >= 0.3 is 0 Å². The fraction of sp³-hybridized carbons (Fsp3) is 0.556. The second-order valence-corrected chi connectivity index (χ2v) is 7.14. The van der Waals surface area contributed by atoms with Crippen LogP contribution in [-0.2, 0) is 9.59 Å². The zero-order chi connectivity index (χ0) is 16.3. The van der Waals surface area contributed by atoms with Gasteiger partial charge in [-0.3, -0.25) is 9.59 Å². The molecule has 0 spiro atoms. The van der Waals surface area contributed by atoms with E-state index in [0.29, 0.717) is 23.6 Å². The van der Waals surface area contributed by atoms with Crippen LogP contribution in [0.2, 0.25) is 5.02 Å². The Morgan fingerprint density at radius 1 is 1.04 bits per heavy atom. The average molecular weight is 335 g/mol. The fourth-order valence-corrected chi connectivity index (χ4v) is 3.44. The summed E-state index contributed by atoms with van der Waals surface area (Å²) in [6.45, 7) is 0. The van der Waals surface area contributed by atoms with Crippen LogP contribution in [0.1, 0.15) is 51.4 Å². The monoisotopic (exact) mass is 334 g/mol. The minimum Gasteiger partial charge on any atom is -0.352 e. The number of amides is 2. The molecule has 23 heavy (non-hydrogen) atoms. The van der Waals surface area contributed by atoms with Crippen molar-refractivity contribution >= 4 is 29.1 Å². The molecule has 2 aliphatic carbocycles. The van der Waals surface area contributed by atoms with Crippen molar-refractivity contribution in [3.8, 4) is 0 Å². The number of benzene rings is 1. The molecule has 2 N–H and O–H groups in total. The van der Waals surface area contributed by atoms with E-state index < -0.39 is 5.41 Å². The Morgan fingerprint density at radius 2 is 1.74 bits per heavy atom. The number of halogens is 1. The Labute approximate surface area is 142 Å². The summed E-state index contributed by atoms with van der Waals surface area (Å²) in [4.78, 5) is 25.2. The number of hydrogen-bond acceptors (Lipinski definition) is 2. The number of rotatable bonds is 4. The van der Waals surface area contributed by atoms with Crippen LogP contribution in [0.4, 0.5) is 5.69 Å². The lowest BCUT2D eigenvalue weighted by molar-refractivity contribution is -0.134. The highest BCUT2D eigenvalue weighted by Crippen LogP contribution is 2.47. The van der Waals surface area contributed by atoms with Crippen molar-refractivity contribution in [3.05, 3.63) is 29.3 Å². The zero-order valence-electron chi connectivity index (χ0n) is 13.2. The van der Waals surface area contributed by atoms with Crippen LogP contribution in [0.15, 0.2) is 24.3 Å². The first-order valence-corrected chi connectivity index (χ1v) is 8.86. The van der Waals surface area contributed by atoms with Gasteiger partial charge in [-0.2, -0.15) is 0 Å². The fourth-order valence-electron chi connectivity index (χ4n) is 3.25. The Morgan fingerprint density at radius 3 is 2.35 bits per heavy atom. The summed E-state index contributed by atoms with van der Waals surface area (Å²) < 4.78 is 0. The summed E-state index contributed by atoms with van der Waals surface area (Å²) in [6.07, 6.45) is 8.10. The molecule has 2 amide bonds. The standard InChI is InChI=1S/C18H23ClN2O2/c19-13-6-5-9-15(12-13)21-17(23)18(10-11-18)16(22)20-14-7-3-1-2-4-8-14/h5-6,9,12,14H,1-4,7-8,10-11H2,(H,20,22)(H,21,23). The van der Waals surface area contributed by atoms with Crippen LogP contribution in [0.5, 0.6) is 0 Å². The molecule has 0 aliphatic heterocycles. The molecule has 1 aromatic carbocycles. The third-order valence-electron chi connectivity index (χ3n) is 4.89. The third-order valence-corrected chi connectivity index (χ3v) is 5.13. The average Bonchev–Trinajstić information content (AvgIpc) is 3.33. The number of carbonyl (C=O) groups excluding carboxylic acids is 2. The van der Waals surface area contributed by atoms with E-state index >= 15 is 0 Å². The summed E-state index contributed by atoms with van der Waals surface area (Å²) in [6, 6.07) is 7.23. The minimum absolute atomic E-state index is 0.107. The van der Waals surface area contributed by atoms with Gasteiger partial charge in [0.05, 0.1) is 0 Å². The van der Waals surface area contributed by atoms with Crippen molar-refractivity contribution in [3.63, 3.8) is 0 Å². The molecule has 0 atom stereocenters. The van der Waals surface area contributed by atoms with E-state index in [1.807, 2.05) is 0 Å². The maximum atomic E-state index is 12.6. The van der Waals surface area contributed by atoms with Crippen LogP contribution in [0.3, 0.4) is 0 Å². The maximum absolute atomic E-state index is 12.6. The molecular formula is C18H23ClN2O2. The lowest BCUT2D eigenvalue weighted by atomic mass is 10.0. The van der Waals surface area contributed by atoms with Gasteiger partial charge in [0, 0.05) is 16.8 Å². The number of hydrogen-bond donors (Lipinski definition) is 2. The van der Waals surface area contributed by atoms with E-state index in [1.165, 1.54) is 12.8 Å². The molecule has 2 fully saturated rings. The predicted molar refractivity (Wildman–Crippen MR) is 91.4 cm³/mol. The molecule has 4 nitrogen and oxygen atoms in total. The normalized spacial score (nSPS) is 20.4. The Hall–Kier alpha value is -1.55. The van der Waals surface area contributed by atoms with E-state index in [-0.39, 0.29) is 17.9 Å². The van der Waals surface area contributed by atoms with Gasteiger partial charge in [0.2, 0.25) is 11.8 Å². The highest BCUT2D eigenvalue weighted by molar-refractivity contribution is 6.31. The van der Waals surface area contributed by atoms with E-state index in [4.69, 9.17) is 11.6 Å². The minimum atomic E-state index is -0.880. The molecule has 124 valence electrons. The lowest BCUT2D eigenvalue weighted by Gasteiger charge is -2.21. The van der Waals surface area contributed by atoms with Gasteiger partial charge in [-0.05, 0) is 43.9 Å². The van der Waals surface area contributed by atoms with Gasteiger partial charge in [0.25, 0.3) is 0 Å². The van der Waals surface area contributed by atoms with Gasteiger partial charge in [0.15, 0.2) is 0 Å². The SMILES string of the molecule is O=C(Nc1cccc(Cl)c1)C1(C(=O)NC2CCCCCC2)CC1. The van der Waals surface area contributed by atoms with Gasteiger partial charge < -0.3 is 10.6 Å². The lowest BCUT2D eigenvalue weighted by Crippen LogP contribution is -2.44. The Balaban J connectivity index is 1.61. The summed E-state index contributed by atoms with van der Waals surface area (Å²) in [5.41, 5.74) is -0.245. The summed E-state index contributed by atoms with van der Waals surface area (Å²) >= 11 is 5.93. The highest BCUT2D eigenvalue weighted by atomic mass is 35.5. The third kappa shape index (κ3) is 3.86. The molecule has 0 saturated heterocycles. The highest BCUT2D eigenvalue weighted by Gasteiger charge is 2.56. The second-order valence-electron chi connectivity index (χ2n) is 6.71. The van der Waals surface area contributed by atoms with Crippen molar-refractivity contribution in [2.24, 2.45) is 5.41 Å². The van der Waals surface area contributed by atoms with E-state index in [0.717, 1.165) is 25.7 Å². The van der Waals surface area contributed by atoms with E-state index in [9.17, 15) is 9.59 Å². The Kier molecular flexibility index (Phi) is 4.90. The van der Waals surface area contributed by atoms with Crippen molar-refractivity contribution in [1.82, 2.24) is 5.32 Å². The first kappa shape index (κ1) is 16.3. The number of nitrogens with one attached hydrogen (secondary N) is 2. The second kappa shape index (κ2) is 6.91.